The first kappa shape index (κ1) is 17.9. The number of aromatic nitrogens is 2. The molecule has 1 aromatic heterocycles. The van der Waals surface area contributed by atoms with Crippen molar-refractivity contribution in [2.45, 2.75) is 12.6 Å². The van der Waals surface area contributed by atoms with Gasteiger partial charge in [-0.15, -0.1) is 0 Å². The van der Waals surface area contributed by atoms with E-state index < -0.39 is 6.10 Å². The Balaban J connectivity index is 1.83. The fourth-order valence-corrected chi connectivity index (χ4v) is 3.27. The molecule has 0 aliphatic heterocycles. The first-order valence-electron chi connectivity index (χ1n) is 9.04. The van der Waals surface area contributed by atoms with Gasteiger partial charge in [-0.2, -0.15) is 5.10 Å². The van der Waals surface area contributed by atoms with Crippen molar-refractivity contribution >= 4 is 10.8 Å². The van der Waals surface area contributed by atoms with E-state index >= 15 is 0 Å². The summed E-state index contributed by atoms with van der Waals surface area (Å²) in [6.07, 6.45) is -0.823. The molecule has 0 unspecified atom stereocenters. The standard InChI is InChI=1S/C23H20N2O3/c1-28-18-13-11-17(12-14-18)22-19-9-5-6-10-20(19)23(27)25(24-22)15-21(26)16-7-3-2-4-8-16/h2-14,21,26H,15H2,1H3/t21-/m1/s1. The zero-order valence-corrected chi connectivity index (χ0v) is 15.4. The van der Waals surface area contributed by atoms with E-state index in [4.69, 9.17) is 4.74 Å². The number of hydrogen-bond acceptors (Lipinski definition) is 4. The van der Waals surface area contributed by atoms with Gasteiger partial charge in [0.25, 0.3) is 5.56 Å². The quantitative estimate of drug-likeness (QED) is 0.579. The second kappa shape index (κ2) is 7.66. The van der Waals surface area contributed by atoms with Crippen LogP contribution in [0.4, 0.5) is 0 Å². The first-order chi connectivity index (χ1) is 13.7. The lowest BCUT2D eigenvalue weighted by Crippen LogP contribution is -2.26. The van der Waals surface area contributed by atoms with Crippen LogP contribution in [-0.4, -0.2) is 22.0 Å². The van der Waals surface area contributed by atoms with Crippen molar-refractivity contribution in [3.63, 3.8) is 0 Å². The van der Waals surface area contributed by atoms with E-state index in [-0.39, 0.29) is 12.1 Å². The monoisotopic (exact) mass is 372 g/mol. The van der Waals surface area contributed by atoms with Crippen molar-refractivity contribution in [3.8, 4) is 17.0 Å². The topological polar surface area (TPSA) is 64.3 Å². The highest BCUT2D eigenvalue weighted by Crippen LogP contribution is 2.26. The van der Waals surface area contributed by atoms with Crippen LogP contribution in [0.25, 0.3) is 22.0 Å². The summed E-state index contributed by atoms with van der Waals surface area (Å²) in [6.45, 7) is 0.0802. The minimum atomic E-state index is -0.823. The van der Waals surface area contributed by atoms with Gasteiger partial charge in [0.05, 0.1) is 30.8 Å². The van der Waals surface area contributed by atoms with Gasteiger partial charge in [-0.25, -0.2) is 4.68 Å². The number of nitrogens with zero attached hydrogens (tertiary/aromatic N) is 2. The summed E-state index contributed by atoms with van der Waals surface area (Å²) in [7, 11) is 1.62. The summed E-state index contributed by atoms with van der Waals surface area (Å²) in [4.78, 5) is 12.9. The molecule has 0 bridgehead atoms. The summed E-state index contributed by atoms with van der Waals surface area (Å²) in [5.74, 6) is 0.751. The van der Waals surface area contributed by atoms with Crippen molar-refractivity contribution in [2.75, 3.05) is 7.11 Å². The molecular weight excluding hydrogens is 352 g/mol. The molecule has 1 heterocycles. The highest BCUT2D eigenvalue weighted by molar-refractivity contribution is 5.93. The van der Waals surface area contributed by atoms with Crippen molar-refractivity contribution in [1.29, 1.82) is 0 Å². The lowest BCUT2D eigenvalue weighted by molar-refractivity contribution is 0.150. The molecule has 4 rings (SSSR count). The molecule has 0 amide bonds. The molecule has 5 heteroatoms. The summed E-state index contributed by atoms with van der Waals surface area (Å²) >= 11 is 0. The molecule has 28 heavy (non-hydrogen) atoms. The van der Waals surface area contributed by atoms with Gasteiger partial charge < -0.3 is 9.84 Å². The first-order valence-corrected chi connectivity index (χ1v) is 9.04. The van der Waals surface area contributed by atoms with Gasteiger partial charge in [0, 0.05) is 10.9 Å². The molecule has 4 aromatic rings. The number of methoxy groups -OCH3 is 1. The minimum absolute atomic E-state index is 0.0802. The number of ether oxygens (including phenoxy) is 1. The predicted molar refractivity (Wildman–Crippen MR) is 109 cm³/mol. The van der Waals surface area contributed by atoms with Crippen LogP contribution in [0.2, 0.25) is 0 Å². The second-order valence-corrected chi connectivity index (χ2v) is 6.54. The Morgan fingerprint density at radius 2 is 1.57 bits per heavy atom. The predicted octanol–water partition coefficient (Wildman–Crippen LogP) is 3.81. The van der Waals surface area contributed by atoms with Crippen molar-refractivity contribution < 1.29 is 9.84 Å². The van der Waals surface area contributed by atoms with Gasteiger partial charge in [-0.05, 0) is 35.9 Å². The van der Waals surface area contributed by atoms with Crippen LogP contribution >= 0.6 is 0 Å². The third-order valence-electron chi connectivity index (χ3n) is 4.76. The van der Waals surface area contributed by atoms with Crippen LogP contribution in [-0.2, 0) is 6.54 Å². The molecule has 140 valence electrons. The average molecular weight is 372 g/mol. The third-order valence-corrected chi connectivity index (χ3v) is 4.76. The van der Waals surface area contributed by atoms with Gasteiger partial charge in [-0.1, -0.05) is 48.5 Å². The zero-order valence-electron chi connectivity index (χ0n) is 15.4. The maximum Gasteiger partial charge on any atom is 0.274 e. The fourth-order valence-electron chi connectivity index (χ4n) is 3.27. The van der Waals surface area contributed by atoms with Gasteiger partial charge >= 0.3 is 0 Å². The van der Waals surface area contributed by atoms with E-state index in [1.54, 1.807) is 13.2 Å². The van der Waals surface area contributed by atoms with Gasteiger partial charge in [-0.3, -0.25) is 4.79 Å². The molecule has 0 saturated heterocycles. The number of hydrogen-bond donors (Lipinski definition) is 1. The Morgan fingerprint density at radius 3 is 2.25 bits per heavy atom. The smallest absolute Gasteiger partial charge is 0.274 e. The van der Waals surface area contributed by atoms with E-state index in [9.17, 15) is 9.90 Å². The Hall–Kier alpha value is -3.44. The number of aliphatic hydroxyl groups excluding tert-OH is 1. The Morgan fingerprint density at radius 1 is 0.929 bits per heavy atom. The van der Waals surface area contributed by atoms with E-state index in [1.165, 1.54) is 4.68 Å². The minimum Gasteiger partial charge on any atom is -0.497 e. The van der Waals surface area contributed by atoms with Crippen LogP contribution in [0.1, 0.15) is 11.7 Å². The van der Waals surface area contributed by atoms with Gasteiger partial charge in [0.15, 0.2) is 0 Å². The molecule has 3 aromatic carbocycles. The van der Waals surface area contributed by atoms with Crippen LogP contribution in [0.5, 0.6) is 5.75 Å². The molecule has 1 atom stereocenters. The number of rotatable bonds is 5. The zero-order chi connectivity index (χ0) is 19.5. The second-order valence-electron chi connectivity index (χ2n) is 6.54. The van der Waals surface area contributed by atoms with Crippen LogP contribution < -0.4 is 10.3 Å². The summed E-state index contributed by atoms with van der Waals surface area (Å²) in [6, 6.07) is 24.2. The van der Waals surface area contributed by atoms with E-state index in [1.807, 2.05) is 72.8 Å². The van der Waals surface area contributed by atoms with Crippen molar-refractivity contribution in [3.05, 3.63) is 94.8 Å². The SMILES string of the molecule is COc1ccc(-c2nn(C[C@@H](O)c3ccccc3)c(=O)c3ccccc23)cc1. The Labute approximate surface area is 162 Å². The number of benzene rings is 3. The van der Waals surface area contributed by atoms with Crippen LogP contribution in [0, 0.1) is 0 Å². The molecule has 0 saturated carbocycles. The Bertz CT molecular complexity index is 1150. The maximum atomic E-state index is 12.9. The molecule has 0 radical (unpaired) electrons. The molecule has 5 nitrogen and oxygen atoms in total. The van der Waals surface area contributed by atoms with Gasteiger partial charge in [0.2, 0.25) is 0 Å². The molecule has 1 N–H and O–H groups in total. The molecule has 0 spiro atoms. The molecular formula is C23H20N2O3. The van der Waals surface area contributed by atoms with Gasteiger partial charge in [0.1, 0.15) is 5.75 Å². The Kier molecular flexibility index (Phi) is 4.91. The lowest BCUT2D eigenvalue weighted by atomic mass is 10.0. The molecule has 0 fully saturated rings. The summed E-state index contributed by atoms with van der Waals surface area (Å²) in [5, 5.41) is 16.5. The summed E-state index contributed by atoms with van der Waals surface area (Å²) < 4.78 is 6.58. The highest BCUT2D eigenvalue weighted by Gasteiger charge is 2.15. The maximum absolute atomic E-state index is 12.9. The number of fused-ring (bicyclic) bond motifs is 1. The molecule has 0 aliphatic rings. The normalized spacial score (nSPS) is 12.1. The number of aliphatic hydroxyl groups is 1. The van der Waals surface area contributed by atoms with Crippen LogP contribution in [0.3, 0.4) is 0 Å². The van der Waals surface area contributed by atoms with E-state index in [0.29, 0.717) is 11.1 Å². The largest absolute Gasteiger partial charge is 0.497 e. The van der Waals surface area contributed by atoms with Crippen molar-refractivity contribution in [1.82, 2.24) is 9.78 Å². The van der Waals surface area contributed by atoms with Crippen LogP contribution in [0.15, 0.2) is 83.7 Å². The fraction of sp³-hybridized carbons (Fsp3) is 0.130. The van der Waals surface area contributed by atoms with E-state index in [2.05, 4.69) is 5.10 Å². The van der Waals surface area contributed by atoms with Crippen molar-refractivity contribution in [2.24, 2.45) is 0 Å². The third kappa shape index (κ3) is 3.40. The lowest BCUT2D eigenvalue weighted by Gasteiger charge is -2.15. The molecule has 0 aliphatic carbocycles. The summed E-state index contributed by atoms with van der Waals surface area (Å²) in [5.41, 5.74) is 2.09. The average Bonchev–Trinajstić information content (AvgIpc) is 2.76. The van der Waals surface area contributed by atoms with E-state index in [0.717, 1.165) is 22.3 Å². The highest BCUT2D eigenvalue weighted by atomic mass is 16.5.